The highest BCUT2D eigenvalue weighted by molar-refractivity contribution is 6.36. The van der Waals surface area contributed by atoms with E-state index < -0.39 is 0 Å². The summed E-state index contributed by atoms with van der Waals surface area (Å²) in [7, 11) is 1.57. The SMILES string of the molecule is COc1cncc(N2CCN(C(C)C(=O)Nc3ccc(Cl)cc3Cl)CC2)n1. The van der Waals surface area contributed by atoms with Crippen LogP contribution in [0.25, 0.3) is 0 Å². The van der Waals surface area contributed by atoms with Crippen molar-refractivity contribution in [2.75, 3.05) is 43.5 Å². The lowest BCUT2D eigenvalue weighted by atomic mass is 10.2. The Balaban J connectivity index is 1.57. The molecule has 2 aromatic rings. The molecule has 0 saturated carbocycles. The second-order valence-corrected chi connectivity index (χ2v) is 7.08. The lowest BCUT2D eigenvalue weighted by molar-refractivity contribution is -0.120. The number of carbonyl (C=O) groups excluding carboxylic acids is 1. The van der Waals surface area contributed by atoms with Crippen LogP contribution in [0.1, 0.15) is 6.92 Å². The van der Waals surface area contributed by atoms with Crippen LogP contribution in [0.5, 0.6) is 5.88 Å². The van der Waals surface area contributed by atoms with Gasteiger partial charge < -0.3 is 15.0 Å². The van der Waals surface area contributed by atoms with Gasteiger partial charge in [-0.15, -0.1) is 0 Å². The van der Waals surface area contributed by atoms with E-state index in [0.29, 0.717) is 21.6 Å². The topological polar surface area (TPSA) is 70.6 Å². The molecule has 1 N–H and O–H groups in total. The molecule has 0 aliphatic carbocycles. The van der Waals surface area contributed by atoms with Crippen LogP contribution in [-0.2, 0) is 4.79 Å². The minimum atomic E-state index is -0.282. The summed E-state index contributed by atoms with van der Waals surface area (Å²) in [6.45, 7) is 4.87. The molecular formula is C18H21Cl2N5O2. The van der Waals surface area contributed by atoms with Crippen LogP contribution in [0.4, 0.5) is 11.5 Å². The molecule has 27 heavy (non-hydrogen) atoms. The van der Waals surface area contributed by atoms with Gasteiger partial charge >= 0.3 is 0 Å². The van der Waals surface area contributed by atoms with E-state index in [1.165, 1.54) is 0 Å². The number of benzene rings is 1. The third-order valence-corrected chi connectivity index (χ3v) is 5.11. The van der Waals surface area contributed by atoms with Crippen molar-refractivity contribution < 1.29 is 9.53 Å². The van der Waals surface area contributed by atoms with Crippen LogP contribution < -0.4 is 15.0 Å². The highest BCUT2D eigenvalue weighted by Gasteiger charge is 2.26. The van der Waals surface area contributed by atoms with Crippen LogP contribution in [0.3, 0.4) is 0 Å². The second-order valence-electron chi connectivity index (χ2n) is 6.23. The van der Waals surface area contributed by atoms with Crippen molar-refractivity contribution in [3.8, 4) is 5.88 Å². The molecule has 9 heteroatoms. The zero-order valence-corrected chi connectivity index (χ0v) is 16.7. The Labute approximate surface area is 168 Å². The molecule has 7 nitrogen and oxygen atoms in total. The summed E-state index contributed by atoms with van der Waals surface area (Å²) < 4.78 is 5.13. The van der Waals surface area contributed by atoms with Crippen LogP contribution in [0.2, 0.25) is 10.0 Å². The van der Waals surface area contributed by atoms with E-state index in [0.717, 1.165) is 32.0 Å². The van der Waals surface area contributed by atoms with Gasteiger partial charge in [0.2, 0.25) is 11.8 Å². The van der Waals surface area contributed by atoms with Gasteiger partial charge in [0.1, 0.15) is 0 Å². The van der Waals surface area contributed by atoms with Crippen LogP contribution in [0.15, 0.2) is 30.6 Å². The number of amides is 1. The average molecular weight is 410 g/mol. The first-order chi connectivity index (χ1) is 13.0. The van der Waals surface area contributed by atoms with Gasteiger partial charge in [0.15, 0.2) is 5.82 Å². The molecule has 1 amide bonds. The summed E-state index contributed by atoms with van der Waals surface area (Å²) in [4.78, 5) is 25.4. The maximum atomic E-state index is 12.6. The lowest BCUT2D eigenvalue weighted by Gasteiger charge is -2.37. The quantitative estimate of drug-likeness (QED) is 0.818. The molecule has 3 rings (SSSR count). The number of hydrogen-bond acceptors (Lipinski definition) is 6. The molecule has 1 fully saturated rings. The highest BCUT2D eigenvalue weighted by Crippen LogP contribution is 2.26. The summed E-state index contributed by atoms with van der Waals surface area (Å²) in [5.41, 5.74) is 0.559. The first-order valence-electron chi connectivity index (χ1n) is 8.59. The van der Waals surface area contributed by atoms with Crippen molar-refractivity contribution >= 4 is 40.6 Å². The summed E-state index contributed by atoms with van der Waals surface area (Å²) >= 11 is 12.0. The van der Waals surface area contributed by atoms with Crippen LogP contribution >= 0.6 is 23.2 Å². The number of nitrogens with zero attached hydrogens (tertiary/aromatic N) is 4. The molecule has 2 heterocycles. The van der Waals surface area contributed by atoms with Crippen LogP contribution in [0, 0.1) is 0 Å². The monoisotopic (exact) mass is 409 g/mol. The van der Waals surface area contributed by atoms with E-state index in [1.54, 1.807) is 37.7 Å². The van der Waals surface area contributed by atoms with Crippen LogP contribution in [-0.4, -0.2) is 60.1 Å². The molecule has 0 bridgehead atoms. The Kier molecular flexibility index (Phi) is 6.36. The lowest BCUT2D eigenvalue weighted by Crippen LogP contribution is -2.53. The Morgan fingerprint density at radius 2 is 1.96 bits per heavy atom. The average Bonchev–Trinajstić information content (AvgIpc) is 2.69. The van der Waals surface area contributed by atoms with Crippen molar-refractivity contribution in [3.63, 3.8) is 0 Å². The van der Waals surface area contributed by atoms with Crippen molar-refractivity contribution in [2.45, 2.75) is 13.0 Å². The van der Waals surface area contributed by atoms with E-state index in [9.17, 15) is 4.79 Å². The predicted octanol–water partition coefficient (Wildman–Crippen LogP) is 2.94. The molecule has 0 spiro atoms. The van der Waals surface area contributed by atoms with Crippen molar-refractivity contribution in [3.05, 3.63) is 40.6 Å². The highest BCUT2D eigenvalue weighted by atomic mass is 35.5. The van der Waals surface area contributed by atoms with Crippen molar-refractivity contribution in [1.29, 1.82) is 0 Å². The zero-order chi connectivity index (χ0) is 19.4. The zero-order valence-electron chi connectivity index (χ0n) is 15.2. The number of rotatable bonds is 5. The van der Waals surface area contributed by atoms with Gasteiger partial charge in [-0.3, -0.25) is 14.7 Å². The maximum Gasteiger partial charge on any atom is 0.241 e. The summed E-state index contributed by atoms with van der Waals surface area (Å²) in [6.07, 6.45) is 3.30. The smallest absolute Gasteiger partial charge is 0.241 e. The van der Waals surface area contributed by atoms with Gasteiger partial charge in [0.25, 0.3) is 0 Å². The molecule has 1 saturated heterocycles. The van der Waals surface area contributed by atoms with Crippen molar-refractivity contribution in [1.82, 2.24) is 14.9 Å². The third-order valence-electron chi connectivity index (χ3n) is 4.56. The van der Waals surface area contributed by atoms with Crippen molar-refractivity contribution in [2.24, 2.45) is 0 Å². The third kappa shape index (κ3) is 4.80. The number of anilines is 2. The number of aromatic nitrogens is 2. The molecule has 144 valence electrons. The number of carbonyl (C=O) groups is 1. The number of ether oxygens (including phenoxy) is 1. The summed E-state index contributed by atoms with van der Waals surface area (Å²) in [5.74, 6) is 1.16. The van der Waals surface area contributed by atoms with Gasteiger partial charge in [-0.1, -0.05) is 23.2 Å². The summed E-state index contributed by atoms with van der Waals surface area (Å²) in [5, 5.41) is 3.82. The standard InChI is InChI=1S/C18H21Cl2N5O2/c1-12(18(26)22-15-4-3-13(19)9-14(15)20)24-5-7-25(8-6-24)16-10-21-11-17(23-16)27-2/h3-4,9-12H,5-8H2,1-2H3,(H,22,26). The normalized spacial score (nSPS) is 16.1. The number of hydrogen-bond donors (Lipinski definition) is 1. The predicted molar refractivity (Wildman–Crippen MR) is 107 cm³/mol. The Bertz CT molecular complexity index is 812. The molecule has 1 unspecified atom stereocenters. The molecule has 1 aromatic heterocycles. The molecule has 0 radical (unpaired) electrons. The van der Waals surface area contributed by atoms with Gasteiger partial charge in [-0.05, 0) is 25.1 Å². The van der Waals surface area contributed by atoms with E-state index in [2.05, 4.69) is 25.1 Å². The maximum absolute atomic E-state index is 12.6. The fourth-order valence-electron chi connectivity index (χ4n) is 2.92. The van der Waals surface area contributed by atoms with Gasteiger partial charge in [-0.25, -0.2) is 0 Å². The fourth-order valence-corrected chi connectivity index (χ4v) is 3.38. The summed E-state index contributed by atoms with van der Waals surface area (Å²) in [6, 6.07) is 4.73. The van der Waals surface area contributed by atoms with E-state index in [4.69, 9.17) is 27.9 Å². The van der Waals surface area contributed by atoms with Gasteiger partial charge in [-0.2, -0.15) is 4.98 Å². The second kappa shape index (κ2) is 8.73. The number of halogens is 2. The number of piperazine rings is 1. The van der Waals surface area contributed by atoms with Gasteiger partial charge in [0, 0.05) is 31.2 Å². The van der Waals surface area contributed by atoms with E-state index in [-0.39, 0.29) is 11.9 Å². The fraction of sp³-hybridized carbons (Fsp3) is 0.389. The number of methoxy groups -OCH3 is 1. The Hall–Kier alpha value is -2.09. The molecular weight excluding hydrogens is 389 g/mol. The molecule has 1 aliphatic rings. The molecule has 1 atom stereocenters. The van der Waals surface area contributed by atoms with Gasteiger partial charge in [0.05, 0.1) is 36.3 Å². The van der Waals surface area contributed by atoms with E-state index >= 15 is 0 Å². The molecule has 1 aliphatic heterocycles. The minimum Gasteiger partial charge on any atom is -0.480 e. The number of nitrogens with one attached hydrogen (secondary N) is 1. The minimum absolute atomic E-state index is 0.103. The van der Waals surface area contributed by atoms with E-state index in [1.807, 2.05) is 6.92 Å². The largest absolute Gasteiger partial charge is 0.480 e. The molecule has 1 aromatic carbocycles. The Morgan fingerprint density at radius 3 is 2.63 bits per heavy atom. The Morgan fingerprint density at radius 1 is 1.22 bits per heavy atom. The first-order valence-corrected chi connectivity index (χ1v) is 9.34. The first kappa shape index (κ1) is 19.7.